The molecule has 0 saturated carbocycles. The van der Waals surface area contributed by atoms with E-state index < -0.39 is 0 Å². The Labute approximate surface area is 141 Å². The van der Waals surface area contributed by atoms with Gasteiger partial charge >= 0.3 is 6.03 Å². The highest BCUT2D eigenvalue weighted by Gasteiger charge is 2.08. The maximum absolute atomic E-state index is 12.0. The van der Waals surface area contributed by atoms with Crippen LogP contribution in [0, 0.1) is 6.92 Å². The largest absolute Gasteiger partial charge is 0.495 e. The first-order valence-corrected chi connectivity index (χ1v) is 7.59. The molecule has 6 nitrogen and oxygen atoms in total. The first kappa shape index (κ1) is 17.5. The first-order valence-electron chi connectivity index (χ1n) is 7.59. The van der Waals surface area contributed by atoms with Gasteiger partial charge in [0.25, 0.3) is 0 Å². The quantitative estimate of drug-likeness (QED) is 0.765. The standard InChI is InChI=1S/C18H22N2O4/c1-13-8-9-15(22-2)14(12-13)20-18(21)19-10-11-24-17-7-5-4-6-16(17)23-3/h4-9,12H,10-11H2,1-3H3,(H2,19,20,21). The van der Waals surface area contributed by atoms with Crippen molar-refractivity contribution in [1.29, 1.82) is 0 Å². The summed E-state index contributed by atoms with van der Waals surface area (Å²) in [7, 11) is 3.15. The average Bonchev–Trinajstić information content (AvgIpc) is 2.59. The SMILES string of the molecule is COc1ccc(C)cc1NC(=O)NCCOc1ccccc1OC. The molecule has 0 aliphatic heterocycles. The summed E-state index contributed by atoms with van der Waals surface area (Å²) in [5.74, 6) is 1.91. The van der Waals surface area contributed by atoms with Gasteiger partial charge in [0.1, 0.15) is 12.4 Å². The second-order valence-corrected chi connectivity index (χ2v) is 5.08. The minimum atomic E-state index is -0.317. The number of benzene rings is 2. The number of methoxy groups -OCH3 is 2. The molecule has 0 unspecified atom stereocenters. The van der Waals surface area contributed by atoms with E-state index in [0.29, 0.717) is 36.1 Å². The number of hydrogen-bond acceptors (Lipinski definition) is 4. The normalized spacial score (nSPS) is 9.96. The molecule has 0 atom stereocenters. The number of anilines is 1. The molecule has 6 heteroatoms. The molecule has 0 bridgehead atoms. The molecule has 0 aliphatic rings. The number of ether oxygens (including phenoxy) is 3. The van der Waals surface area contributed by atoms with Crippen LogP contribution in [-0.2, 0) is 0 Å². The minimum absolute atomic E-state index is 0.317. The topological polar surface area (TPSA) is 68.8 Å². The molecule has 2 aromatic rings. The number of para-hydroxylation sites is 2. The van der Waals surface area contributed by atoms with Crippen LogP contribution in [0.1, 0.15) is 5.56 Å². The van der Waals surface area contributed by atoms with E-state index in [9.17, 15) is 4.79 Å². The molecule has 0 aliphatic carbocycles. The van der Waals surface area contributed by atoms with Crippen molar-refractivity contribution >= 4 is 11.7 Å². The smallest absolute Gasteiger partial charge is 0.319 e. The van der Waals surface area contributed by atoms with E-state index in [0.717, 1.165) is 5.56 Å². The summed E-state index contributed by atoms with van der Waals surface area (Å²) in [6.45, 7) is 2.64. The van der Waals surface area contributed by atoms with Gasteiger partial charge < -0.3 is 24.8 Å². The maximum atomic E-state index is 12.0. The van der Waals surface area contributed by atoms with Crippen LogP contribution in [0.3, 0.4) is 0 Å². The van der Waals surface area contributed by atoms with Crippen molar-refractivity contribution in [2.75, 3.05) is 32.7 Å². The summed E-state index contributed by atoms with van der Waals surface area (Å²) >= 11 is 0. The van der Waals surface area contributed by atoms with E-state index in [2.05, 4.69) is 10.6 Å². The van der Waals surface area contributed by atoms with Gasteiger partial charge in [0, 0.05) is 0 Å². The fraction of sp³-hybridized carbons (Fsp3) is 0.278. The van der Waals surface area contributed by atoms with Gasteiger partial charge in [0.2, 0.25) is 0 Å². The van der Waals surface area contributed by atoms with E-state index in [-0.39, 0.29) is 6.03 Å². The minimum Gasteiger partial charge on any atom is -0.495 e. The maximum Gasteiger partial charge on any atom is 0.319 e. The van der Waals surface area contributed by atoms with Gasteiger partial charge in [-0.15, -0.1) is 0 Å². The molecule has 2 rings (SSSR count). The third kappa shape index (κ3) is 4.81. The molecule has 0 saturated heterocycles. The van der Waals surface area contributed by atoms with Gasteiger partial charge in [0.05, 0.1) is 26.5 Å². The summed E-state index contributed by atoms with van der Waals surface area (Å²) in [6, 6.07) is 12.6. The Bertz CT molecular complexity index is 688. The van der Waals surface area contributed by atoms with E-state index >= 15 is 0 Å². The van der Waals surface area contributed by atoms with Crippen LogP contribution in [0.15, 0.2) is 42.5 Å². The molecule has 2 N–H and O–H groups in total. The van der Waals surface area contributed by atoms with E-state index in [1.807, 2.05) is 49.4 Å². The lowest BCUT2D eigenvalue weighted by atomic mass is 10.2. The van der Waals surface area contributed by atoms with Gasteiger partial charge in [-0.05, 0) is 36.8 Å². The highest BCUT2D eigenvalue weighted by molar-refractivity contribution is 5.91. The van der Waals surface area contributed by atoms with Gasteiger partial charge in [-0.1, -0.05) is 18.2 Å². The third-order valence-electron chi connectivity index (χ3n) is 3.32. The zero-order valence-electron chi connectivity index (χ0n) is 14.1. The highest BCUT2D eigenvalue weighted by Crippen LogP contribution is 2.26. The second kappa shape index (κ2) is 8.67. The third-order valence-corrected chi connectivity index (χ3v) is 3.32. The molecule has 128 valence electrons. The number of amides is 2. The Hall–Kier alpha value is -2.89. The zero-order valence-corrected chi connectivity index (χ0v) is 14.1. The molecule has 0 heterocycles. The number of urea groups is 1. The molecule has 24 heavy (non-hydrogen) atoms. The summed E-state index contributed by atoms with van der Waals surface area (Å²) < 4.78 is 16.0. The van der Waals surface area contributed by atoms with Crippen LogP contribution < -0.4 is 24.8 Å². The van der Waals surface area contributed by atoms with Crippen molar-refractivity contribution in [3.05, 3.63) is 48.0 Å². The number of hydrogen-bond donors (Lipinski definition) is 2. The van der Waals surface area contributed by atoms with Crippen LogP contribution in [0.4, 0.5) is 10.5 Å². The molecular weight excluding hydrogens is 308 g/mol. The zero-order chi connectivity index (χ0) is 17.4. The van der Waals surface area contributed by atoms with Gasteiger partial charge in [0.15, 0.2) is 11.5 Å². The van der Waals surface area contributed by atoms with Crippen molar-refractivity contribution in [2.45, 2.75) is 6.92 Å². The monoisotopic (exact) mass is 330 g/mol. The molecule has 2 amide bonds. The molecule has 0 spiro atoms. The van der Waals surface area contributed by atoms with Crippen molar-refractivity contribution in [3.63, 3.8) is 0 Å². The Morgan fingerprint density at radius 2 is 1.71 bits per heavy atom. The number of rotatable bonds is 7. The van der Waals surface area contributed by atoms with Gasteiger partial charge in [-0.25, -0.2) is 4.79 Å². The average molecular weight is 330 g/mol. The van der Waals surface area contributed by atoms with Crippen LogP contribution in [-0.4, -0.2) is 33.4 Å². The second-order valence-electron chi connectivity index (χ2n) is 5.08. The Morgan fingerprint density at radius 3 is 2.42 bits per heavy atom. The number of carbonyl (C=O) groups is 1. The van der Waals surface area contributed by atoms with E-state index in [4.69, 9.17) is 14.2 Å². The van der Waals surface area contributed by atoms with Crippen molar-refractivity contribution in [2.24, 2.45) is 0 Å². The van der Waals surface area contributed by atoms with Crippen LogP contribution in [0.25, 0.3) is 0 Å². The predicted molar refractivity (Wildman–Crippen MR) is 93.2 cm³/mol. The lowest BCUT2D eigenvalue weighted by molar-refractivity contribution is 0.246. The molecule has 2 aromatic carbocycles. The predicted octanol–water partition coefficient (Wildman–Crippen LogP) is 3.21. The Balaban J connectivity index is 1.81. The molecule has 0 radical (unpaired) electrons. The van der Waals surface area contributed by atoms with Gasteiger partial charge in [-0.3, -0.25) is 0 Å². The number of carbonyl (C=O) groups excluding carboxylic acids is 1. The molecule has 0 aromatic heterocycles. The Kier molecular flexibility index (Phi) is 6.31. The lowest BCUT2D eigenvalue weighted by Gasteiger charge is -2.13. The van der Waals surface area contributed by atoms with Crippen molar-refractivity contribution in [1.82, 2.24) is 5.32 Å². The van der Waals surface area contributed by atoms with E-state index in [1.165, 1.54) is 0 Å². The summed E-state index contributed by atoms with van der Waals surface area (Å²) in [6.07, 6.45) is 0. The van der Waals surface area contributed by atoms with Crippen LogP contribution in [0.5, 0.6) is 17.2 Å². The van der Waals surface area contributed by atoms with Gasteiger partial charge in [-0.2, -0.15) is 0 Å². The van der Waals surface area contributed by atoms with Crippen LogP contribution >= 0.6 is 0 Å². The van der Waals surface area contributed by atoms with E-state index in [1.54, 1.807) is 14.2 Å². The van der Waals surface area contributed by atoms with Crippen molar-refractivity contribution < 1.29 is 19.0 Å². The molecular formula is C18H22N2O4. The summed E-state index contributed by atoms with van der Waals surface area (Å²) in [5.41, 5.74) is 1.66. The van der Waals surface area contributed by atoms with Crippen molar-refractivity contribution in [3.8, 4) is 17.2 Å². The fourth-order valence-electron chi connectivity index (χ4n) is 2.15. The molecule has 0 fully saturated rings. The summed E-state index contributed by atoms with van der Waals surface area (Å²) in [5, 5.41) is 5.51. The number of aryl methyl sites for hydroxylation is 1. The number of nitrogens with one attached hydrogen (secondary N) is 2. The highest BCUT2D eigenvalue weighted by atomic mass is 16.5. The Morgan fingerprint density at radius 1 is 1.00 bits per heavy atom. The fourth-order valence-corrected chi connectivity index (χ4v) is 2.15. The first-order chi connectivity index (χ1) is 11.6. The lowest BCUT2D eigenvalue weighted by Crippen LogP contribution is -2.32. The summed E-state index contributed by atoms with van der Waals surface area (Å²) in [4.78, 5) is 12.0. The van der Waals surface area contributed by atoms with Crippen LogP contribution in [0.2, 0.25) is 0 Å².